The fraction of sp³-hybridized carbons (Fsp3) is 0.158. The average Bonchev–Trinajstić information content (AvgIpc) is 2.54. The van der Waals surface area contributed by atoms with E-state index in [9.17, 15) is 4.79 Å². The molecule has 0 bridgehead atoms. The molecule has 4 heteroatoms. The number of carbonyl (C=O) groups excluding carboxylic acids is 1. The highest BCUT2D eigenvalue weighted by Gasteiger charge is 2.09. The van der Waals surface area contributed by atoms with Crippen molar-refractivity contribution in [3.8, 4) is 0 Å². The van der Waals surface area contributed by atoms with Gasteiger partial charge in [0, 0.05) is 11.7 Å². The standard InChI is InChI=1S/C19H19N3O/c1-13(2)20-18-9-5-8-17(22-18)19(23)21-16-11-10-14-6-3-4-7-15(14)12-16/h3-13H,1-2H3,(H,20,22)(H,21,23). The third-order valence-electron chi connectivity index (χ3n) is 3.43. The van der Waals surface area contributed by atoms with Gasteiger partial charge in [-0.2, -0.15) is 0 Å². The Hall–Kier alpha value is -2.88. The molecule has 0 aliphatic rings. The molecule has 0 saturated carbocycles. The Labute approximate surface area is 135 Å². The van der Waals surface area contributed by atoms with Gasteiger partial charge < -0.3 is 10.6 Å². The largest absolute Gasteiger partial charge is 0.368 e. The number of pyridine rings is 1. The third-order valence-corrected chi connectivity index (χ3v) is 3.43. The third kappa shape index (κ3) is 3.66. The van der Waals surface area contributed by atoms with Crippen LogP contribution in [0.15, 0.2) is 60.7 Å². The number of rotatable bonds is 4. The molecule has 3 aromatic rings. The molecule has 1 aromatic heterocycles. The van der Waals surface area contributed by atoms with Gasteiger partial charge in [0.25, 0.3) is 5.91 Å². The molecule has 4 nitrogen and oxygen atoms in total. The SMILES string of the molecule is CC(C)Nc1cccc(C(=O)Nc2ccc3ccccc3c2)n1. The first-order chi connectivity index (χ1) is 11.1. The predicted octanol–water partition coefficient (Wildman–Crippen LogP) is 4.31. The minimum Gasteiger partial charge on any atom is -0.368 e. The normalized spacial score (nSPS) is 10.7. The minimum absolute atomic E-state index is 0.215. The summed E-state index contributed by atoms with van der Waals surface area (Å²) in [6.45, 7) is 4.06. The van der Waals surface area contributed by atoms with Crippen LogP contribution in [0.25, 0.3) is 10.8 Å². The van der Waals surface area contributed by atoms with Crippen molar-refractivity contribution in [3.63, 3.8) is 0 Å². The van der Waals surface area contributed by atoms with Crippen LogP contribution in [0.3, 0.4) is 0 Å². The van der Waals surface area contributed by atoms with Crippen molar-refractivity contribution in [1.29, 1.82) is 0 Å². The molecule has 0 atom stereocenters. The van der Waals surface area contributed by atoms with Crippen molar-refractivity contribution < 1.29 is 4.79 Å². The lowest BCUT2D eigenvalue weighted by molar-refractivity contribution is 0.102. The summed E-state index contributed by atoms with van der Waals surface area (Å²) in [6.07, 6.45) is 0. The molecular formula is C19H19N3O. The van der Waals surface area contributed by atoms with Gasteiger partial charge in [-0.15, -0.1) is 0 Å². The molecule has 1 heterocycles. The molecule has 0 unspecified atom stereocenters. The van der Waals surface area contributed by atoms with E-state index >= 15 is 0 Å². The van der Waals surface area contributed by atoms with E-state index in [0.717, 1.165) is 16.5 Å². The van der Waals surface area contributed by atoms with E-state index in [4.69, 9.17) is 0 Å². The number of hydrogen-bond donors (Lipinski definition) is 2. The number of nitrogens with zero attached hydrogens (tertiary/aromatic N) is 1. The summed E-state index contributed by atoms with van der Waals surface area (Å²) in [6, 6.07) is 19.6. The van der Waals surface area contributed by atoms with Crippen LogP contribution in [-0.4, -0.2) is 16.9 Å². The van der Waals surface area contributed by atoms with Gasteiger partial charge >= 0.3 is 0 Å². The zero-order valence-electron chi connectivity index (χ0n) is 13.2. The summed E-state index contributed by atoms with van der Waals surface area (Å²) in [5.41, 5.74) is 1.15. The lowest BCUT2D eigenvalue weighted by Gasteiger charge is -2.10. The Morgan fingerprint density at radius 3 is 2.52 bits per heavy atom. The van der Waals surface area contributed by atoms with E-state index < -0.39 is 0 Å². The summed E-state index contributed by atoms with van der Waals surface area (Å²) >= 11 is 0. The Bertz CT molecular complexity index is 843. The van der Waals surface area contributed by atoms with Gasteiger partial charge in [0.1, 0.15) is 11.5 Å². The zero-order valence-corrected chi connectivity index (χ0v) is 13.2. The van der Waals surface area contributed by atoms with Crippen LogP contribution < -0.4 is 10.6 Å². The number of hydrogen-bond acceptors (Lipinski definition) is 3. The summed E-state index contributed by atoms with van der Waals surface area (Å²) in [4.78, 5) is 16.7. The molecule has 0 radical (unpaired) electrons. The molecule has 0 aliphatic carbocycles. The summed E-state index contributed by atoms with van der Waals surface area (Å²) < 4.78 is 0. The van der Waals surface area contributed by atoms with Crippen molar-refractivity contribution in [3.05, 3.63) is 66.4 Å². The number of carbonyl (C=O) groups is 1. The molecule has 0 spiro atoms. The molecular weight excluding hydrogens is 286 g/mol. The molecule has 1 amide bonds. The smallest absolute Gasteiger partial charge is 0.274 e. The molecule has 23 heavy (non-hydrogen) atoms. The summed E-state index contributed by atoms with van der Waals surface area (Å²) in [5, 5.41) is 8.33. The molecule has 0 aliphatic heterocycles. The number of nitrogens with one attached hydrogen (secondary N) is 2. The number of benzene rings is 2. The zero-order chi connectivity index (χ0) is 16.2. The predicted molar refractivity (Wildman–Crippen MR) is 94.9 cm³/mol. The number of anilines is 2. The van der Waals surface area contributed by atoms with Crippen LogP contribution >= 0.6 is 0 Å². The van der Waals surface area contributed by atoms with E-state index in [1.165, 1.54) is 0 Å². The number of aromatic nitrogens is 1. The first kappa shape index (κ1) is 15.0. The first-order valence-electron chi connectivity index (χ1n) is 7.65. The topological polar surface area (TPSA) is 54.0 Å². The van der Waals surface area contributed by atoms with E-state index in [1.54, 1.807) is 6.07 Å². The maximum atomic E-state index is 12.4. The lowest BCUT2D eigenvalue weighted by atomic mass is 10.1. The first-order valence-corrected chi connectivity index (χ1v) is 7.65. The molecule has 2 N–H and O–H groups in total. The number of amides is 1. The van der Waals surface area contributed by atoms with E-state index in [0.29, 0.717) is 11.5 Å². The van der Waals surface area contributed by atoms with Crippen LogP contribution in [0.2, 0.25) is 0 Å². The Morgan fingerprint density at radius 1 is 0.957 bits per heavy atom. The maximum absolute atomic E-state index is 12.4. The van der Waals surface area contributed by atoms with Gasteiger partial charge in [-0.3, -0.25) is 4.79 Å². The fourth-order valence-corrected chi connectivity index (χ4v) is 2.40. The van der Waals surface area contributed by atoms with E-state index in [1.807, 2.05) is 68.4 Å². The highest BCUT2D eigenvalue weighted by molar-refractivity contribution is 6.04. The molecule has 3 rings (SSSR count). The van der Waals surface area contributed by atoms with Crippen LogP contribution in [0.4, 0.5) is 11.5 Å². The molecule has 2 aromatic carbocycles. The molecule has 0 fully saturated rings. The second-order valence-corrected chi connectivity index (χ2v) is 5.72. The van der Waals surface area contributed by atoms with Crippen molar-refractivity contribution >= 4 is 28.2 Å². The van der Waals surface area contributed by atoms with Crippen molar-refractivity contribution in [1.82, 2.24) is 4.98 Å². The summed E-state index contributed by atoms with van der Waals surface area (Å²) in [7, 11) is 0. The van der Waals surface area contributed by atoms with Gasteiger partial charge in [-0.25, -0.2) is 4.98 Å². The van der Waals surface area contributed by atoms with Gasteiger partial charge in [0.05, 0.1) is 0 Å². The van der Waals surface area contributed by atoms with Gasteiger partial charge in [0.15, 0.2) is 0 Å². The van der Waals surface area contributed by atoms with Crippen LogP contribution in [0.1, 0.15) is 24.3 Å². The van der Waals surface area contributed by atoms with Crippen molar-refractivity contribution in [2.45, 2.75) is 19.9 Å². The lowest BCUT2D eigenvalue weighted by Crippen LogP contribution is -2.16. The summed E-state index contributed by atoms with van der Waals surface area (Å²) in [5.74, 6) is 0.485. The van der Waals surface area contributed by atoms with E-state index in [-0.39, 0.29) is 11.9 Å². The molecule has 116 valence electrons. The second-order valence-electron chi connectivity index (χ2n) is 5.72. The monoisotopic (exact) mass is 305 g/mol. The van der Waals surface area contributed by atoms with Crippen molar-refractivity contribution in [2.24, 2.45) is 0 Å². The molecule has 0 saturated heterocycles. The second kappa shape index (κ2) is 6.48. The highest BCUT2D eigenvalue weighted by atomic mass is 16.1. The van der Waals surface area contributed by atoms with Crippen LogP contribution in [0, 0.1) is 0 Å². The van der Waals surface area contributed by atoms with Gasteiger partial charge in [-0.1, -0.05) is 36.4 Å². The minimum atomic E-state index is -0.215. The Morgan fingerprint density at radius 2 is 1.74 bits per heavy atom. The maximum Gasteiger partial charge on any atom is 0.274 e. The highest BCUT2D eigenvalue weighted by Crippen LogP contribution is 2.19. The van der Waals surface area contributed by atoms with E-state index in [2.05, 4.69) is 15.6 Å². The Kier molecular flexibility index (Phi) is 4.24. The Balaban J connectivity index is 1.80. The quantitative estimate of drug-likeness (QED) is 0.755. The number of fused-ring (bicyclic) bond motifs is 1. The fourth-order valence-electron chi connectivity index (χ4n) is 2.40. The van der Waals surface area contributed by atoms with Gasteiger partial charge in [0.2, 0.25) is 0 Å². The van der Waals surface area contributed by atoms with Crippen molar-refractivity contribution in [2.75, 3.05) is 10.6 Å². The average molecular weight is 305 g/mol. The van der Waals surface area contributed by atoms with Gasteiger partial charge in [-0.05, 0) is 48.9 Å². The van der Waals surface area contributed by atoms with Crippen LogP contribution in [-0.2, 0) is 0 Å². The van der Waals surface area contributed by atoms with Crippen LogP contribution in [0.5, 0.6) is 0 Å².